The number of para-hydroxylation sites is 1. The van der Waals surface area contributed by atoms with Crippen LogP contribution in [0.4, 0.5) is 5.69 Å². The standard InChI is InChI=1S/C19H19Cl2NO/c1-12-10-16(18(21)11-17(12)20)19(23)22(13(2)14-8-9-14)15-6-4-3-5-7-15/h3-7,10-11,13-14H,8-9H2,1-2H3/t13-/m0/s1. The van der Waals surface area contributed by atoms with E-state index in [1.54, 1.807) is 12.1 Å². The van der Waals surface area contributed by atoms with Crippen LogP contribution in [0, 0.1) is 12.8 Å². The molecule has 1 aliphatic rings. The summed E-state index contributed by atoms with van der Waals surface area (Å²) in [5, 5.41) is 0.975. The van der Waals surface area contributed by atoms with Crippen LogP contribution in [0.2, 0.25) is 10.0 Å². The predicted octanol–water partition coefficient (Wildman–Crippen LogP) is 5.75. The van der Waals surface area contributed by atoms with E-state index in [1.807, 2.05) is 42.2 Å². The van der Waals surface area contributed by atoms with Gasteiger partial charge in [0.05, 0.1) is 10.6 Å². The number of carbonyl (C=O) groups excluding carboxylic acids is 1. The molecule has 0 unspecified atom stereocenters. The summed E-state index contributed by atoms with van der Waals surface area (Å²) in [7, 11) is 0. The van der Waals surface area contributed by atoms with E-state index in [4.69, 9.17) is 23.2 Å². The van der Waals surface area contributed by atoms with Gasteiger partial charge in [0.15, 0.2) is 0 Å². The molecule has 0 saturated heterocycles. The Morgan fingerprint density at radius 3 is 2.39 bits per heavy atom. The van der Waals surface area contributed by atoms with Gasteiger partial charge in [0.2, 0.25) is 0 Å². The Kier molecular flexibility index (Phi) is 4.65. The van der Waals surface area contributed by atoms with Gasteiger partial charge >= 0.3 is 0 Å². The molecule has 2 aromatic rings. The highest BCUT2D eigenvalue weighted by Gasteiger charge is 2.36. The van der Waals surface area contributed by atoms with Crippen molar-refractivity contribution in [2.45, 2.75) is 32.7 Å². The molecule has 4 heteroatoms. The first kappa shape index (κ1) is 16.4. The van der Waals surface area contributed by atoms with Crippen LogP contribution in [-0.2, 0) is 0 Å². The summed E-state index contributed by atoms with van der Waals surface area (Å²) in [6.45, 7) is 3.99. The molecular weight excluding hydrogens is 329 g/mol. The molecule has 23 heavy (non-hydrogen) atoms. The number of amides is 1. The second-order valence-electron chi connectivity index (χ2n) is 6.17. The fourth-order valence-corrected chi connectivity index (χ4v) is 3.33. The second-order valence-corrected chi connectivity index (χ2v) is 6.98. The number of benzene rings is 2. The van der Waals surface area contributed by atoms with Crippen molar-refractivity contribution in [1.82, 2.24) is 0 Å². The number of hydrogen-bond donors (Lipinski definition) is 0. The molecule has 0 heterocycles. The highest BCUT2D eigenvalue weighted by molar-refractivity contribution is 6.37. The van der Waals surface area contributed by atoms with Crippen molar-refractivity contribution in [2.75, 3.05) is 4.90 Å². The molecule has 0 radical (unpaired) electrons. The summed E-state index contributed by atoms with van der Waals surface area (Å²) in [4.78, 5) is 15.1. The minimum Gasteiger partial charge on any atom is -0.305 e. The lowest BCUT2D eigenvalue weighted by molar-refractivity contribution is 0.0975. The zero-order valence-corrected chi connectivity index (χ0v) is 14.7. The van der Waals surface area contributed by atoms with E-state index in [0.717, 1.165) is 11.3 Å². The quantitative estimate of drug-likeness (QED) is 0.689. The highest BCUT2D eigenvalue weighted by Crippen LogP contribution is 2.38. The number of rotatable bonds is 4. The minimum absolute atomic E-state index is 0.0691. The molecule has 2 nitrogen and oxygen atoms in total. The van der Waals surface area contributed by atoms with Gasteiger partial charge in [0, 0.05) is 16.8 Å². The maximum absolute atomic E-state index is 13.2. The Morgan fingerprint density at radius 2 is 1.78 bits per heavy atom. The summed E-state index contributed by atoms with van der Waals surface area (Å²) in [5.41, 5.74) is 2.26. The van der Waals surface area contributed by atoms with Gasteiger partial charge in [0.1, 0.15) is 0 Å². The van der Waals surface area contributed by atoms with Gasteiger partial charge in [-0.2, -0.15) is 0 Å². The molecule has 1 fully saturated rings. The van der Waals surface area contributed by atoms with Gasteiger partial charge in [-0.1, -0.05) is 41.4 Å². The summed E-state index contributed by atoms with van der Waals surface area (Å²) in [6.07, 6.45) is 2.34. The van der Waals surface area contributed by atoms with Crippen LogP contribution in [0.1, 0.15) is 35.7 Å². The molecule has 1 amide bonds. The van der Waals surface area contributed by atoms with Crippen molar-refractivity contribution in [1.29, 1.82) is 0 Å². The van der Waals surface area contributed by atoms with Crippen LogP contribution in [0.5, 0.6) is 0 Å². The van der Waals surface area contributed by atoms with Crippen LogP contribution < -0.4 is 4.90 Å². The van der Waals surface area contributed by atoms with Gasteiger partial charge in [0.25, 0.3) is 5.91 Å². The van der Waals surface area contributed by atoms with Gasteiger partial charge in [-0.15, -0.1) is 0 Å². The van der Waals surface area contributed by atoms with Crippen LogP contribution in [0.25, 0.3) is 0 Å². The fourth-order valence-electron chi connectivity index (χ4n) is 2.87. The first-order valence-electron chi connectivity index (χ1n) is 7.83. The normalized spacial score (nSPS) is 15.3. The zero-order valence-electron chi connectivity index (χ0n) is 13.2. The smallest absolute Gasteiger partial charge is 0.260 e. The van der Waals surface area contributed by atoms with Gasteiger partial charge in [-0.25, -0.2) is 0 Å². The first-order chi connectivity index (χ1) is 11.0. The minimum atomic E-state index is -0.0691. The lowest BCUT2D eigenvalue weighted by Crippen LogP contribution is -2.40. The summed E-state index contributed by atoms with van der Waals surface area (Å²) < 4.78 is 0. The molecule has 0 spiro atoms. The number of anilines is 1. The molecule has 0 aromatic heterocycles. The Hall–Kier alpha value is -1.51. The van der Waals surface area contributed by atoms with E-state index in [-0.39, 0.29) is 11.9 Å². The van der Waals surface area contributed by atoms with Gasteiger partial charge < -0.3 is 4.90 Å². The van der Waals surface area contributed by atoms with Crippen molar-refractivity contribution in [3.63, 3.8) is 0 Å². The summed E-state index contributed by atoms with van der Waals surface area (Å²) in [5.74, 6) is 0.492. The lowest BCUT2D eigenvalue weighted by Gasteiger charge is -2.30. The molecule has 0 bridgehead atoms. The Morgan fingerprint density at radius 1 is 1.13 bits per heavy atom. The van der Waals surface area contributed by atoms with Gasteiger partial charge in [-0.05, 0) is 62.4 Å². The number of aryl methyl sites for hydroxylation is 1. The van der Waals surface area contributed by atoms with Crippen LogP contribution in [-0.4, -0.2) is 11.9 Å². The average molecular weight is 348 g/mol. The van der Waals surface area contributed by atoms with Crippen molar-refractivity contribution in [2.24, 2.45) is 5.92 Å². The third kappa shape index (κ3) is 3.39. The summed E-state index contributed by atoms with van der Waals surface area (Å²) >= 11 is 12.4. The van der Waals surface area contributed by atoms with E-state index in [1.165, 1.54) is 12.8 Å². The Balaban J connectivity index is 2.03. The van der Waals surface area contributed by atoms with Crippen LogP contribution in [0.3, 0.4) is 0 Å². The SMILES string of the molecule is Cc1cc(C(=O)N(c2ccccc2)[C@@H](C)C2CC2)c(Cl)cc1Cl. The van der Waals surface area contributed by atoms with Crippen molar-refractivity contribution in [3.8, 4) is 0 Å². The molecular formula is C19H19Cl2NO. The third-order valence-electron chi connectivity index (χ3n) is 4.44. The summed E-state index contributed by atoms with van der Waals surface area (Å²) in [6, 6.07) is 13.4. The molecule has 1 aliphatic carbocycles. The third-order valence-corrected chi connectivity index (χ3v) is 5.16. The van der Waals surface area contributed by atoms with E-state index >= 15 is 0 Å². The Bertz CT molecular complexity index is 726. The molecule has 1 atom stereocenters. The number of nitrogens with zero attached hydrogens (tertiary/aromatic N) is 1. The number of halogens is 2. The lowest BCUT2D eigenvalue weighted by atomic mass is 10.1. The van der Waals surface area contributed by atoms with E-state index in [2.05, 4.69) is 6.92 Å². The van der Waals surface area contributed by atoms with E-state index in [9.17, 15) is 4.79 Å². The molecule has 3 rings (SSSR count). The molecule has 2 aromatic carbocycles. The van der Waals surface area contributed by atoms with Crippen molar-refractivity contribution in [3.05, 3.63) is 63.6 Å². The van der Waals surface area contributed by atoms with E-state index < -0.39 is 0 Å². The van der Waals surface area contributed by atoms with E-state index in [0.29, 0.717) is 21.5 Å². The number of hydrogen-bond acceptors (Lipinski definition) is 1. The van der Waals surface area contributed by atoms with Crippen molar-refractivity contribution >= 4 is 34.8 Å². The first-order valence-corrected chi connectivity index (χ1v) is 8.59. The maximum atomic E-state index is 13.2. The maximum Gasteiger partial charge on any atom is 0.260 e. The monoisotopic (exact) mass is 347 g/mol. The molecule has 1 saturated carbocycles. The zero-order chi connectivity index (χ0) is 16.6. The Labute approximate surface area is 147 Å². The topological polar surface area (TPSA) is 20.3 Å². The average Bonchev–Trinajstić information content (AvgIpc) is 3.37. The predicted molar refractivity (Wildman–Crippen MR) is 96.6 cm³/mol. The molecule has 120 valence electrons. The van der Waals surface area contributed by atoms with Crippen molar-refractivity contribution < 1.29 is 4.79 Å². The highest BCUT2D eigenvalue weighted by atomic mass is 35.5. The van der Waals surface area contributed by atoms with Crippen LogP contribution in [0.15, 0.2) is 42.5 Å². The largest absolute Gasteiger partial charge is 0.305 e. The van der Waals surface area contributed by atoms with Gasteiger partial charge in [-0.3, -0.25) is 4.79 Å². The second kappa shape index (κ2) is 6.54. The molecule has 0 aliphatic heterocycles. The molecule has 0 N–H and O–H groups in total. The van der Waals surface area contributed by atoms with Crippen LogP contribution >= 0.6 is 23.2 Å². The fraction of sp³-hybridized carbons (Fsp3) is 0.316. The number of carbonyl (C=O) groups is 1.